The maximum Gasteiger partial charge on any atom is 0.194 e. The molecule has 0 amide bonds. The van der Waals surface area contributed by atoms with Crippen LogP contribution in [0.2, 0.25) is 0 Å². The third kappa shape index (κ3) is 4.33. The van der Waals surface area contributed by atoms with Gasteiger partial charge in [-0.25, -0.2) is 4.98 Å². The first kappa shape index (κ1) is 12.8. The van der Waals surface area contributed by atoms with Gasteiger partial charge < -0.3 is 15.8 Å². The number of aromatic nitrogens is 1. The summed E-state index contributed by atoms with van der Waals surface area (Å²) in [5.41, 5.74) is 5.74. The van der Waals surface area contributed by atoms with Crippen molar-refractivity contribution in [1.29, 1.82) is 0 Å². The van der Waals surface area contributed by atoms with Crippen molar-refractivity contribution < 1.29 is 4.74 Å². The van der Waals surface area contributed by atoms with E-state index in [1.54, 1.807) is 6.20 Å². The van der Waals surface area contributed by atoms with Gasteiger partial charge in [0.2, 0.25) is 0 Å². The SMILES string of the molecule is NC(=NCCOC1CCCC1)Nc1ccccn1. The van der Waals surface area contributed by atoms with Crippen molar-refractivity contribution in [2.75, 3.05) is 18.5 Å². The van der Waals surface area contributed by atoms with Crippen molar-refractivity contribution >= 4 is 11.8 Å². The Balaban J connectivity index is 1.65. The molecule has 1 aromatic rings. The van der Waals surface area contributed by atoms with E-state index in [0.717, 1.165) is 0 Å². The predicted octanol–water partition coefficient (Wildman–Crippen LogP) is 1.77. The highest BCUT2D eigenvalue weighted by molar-refractivity contribution is 5.91. The summed E-state index contributed by atoms with van der Waals surface area (Å²) >= 11 is 0. The molecule has 0 spiro atoms. The van der Waals surface area contributed by atoms with Crippen LogP contribution in [0.1, 0.15) is 25.7 Å². The minimum Gasteiger partial charge on any atom is -0.376 e. The van der Waals surface area contributed by atoms with Gasteiger partial charge in [-0.3, -0.25) is 4.99 Å². The van der Waals surface area contributed by atoms with Crippen LogP contribution in [-0.4, -0.2) is 30.2 Å². The maximum atomic E-state index is 5.74. The van der Waals surface area contributed by atoms with Gasteiger partial charge >= 0.3 is 0 Å². The molecule has 1 aliphatic carbocycles. The molecular weight excluding hydrogens is 228 g/mol. The second kappa shape index (κ2) is 6.96. The molecule has 1 aliphatic rings. The fraction of sp³-hybridized carbons (Fsp3) is 0.538. The van der Waals surface area contributed by atoms with Crippen LogP contribution in [0.5, 0.6) is 0 Å². The van der Waals surface area contributed by atoms with Gasteiger partial charge in [0.05, 0.1) is 19.3 Å². The molecule has 0 aliphatic heterocycles. The summed E-state index contributed by atoms with van der Waals surface area (Å²) in [5, 5.41) is 2.93. The standard InChI is InChI=1S/C13H20N4O/c14-13(17-12-7-3-4-8-15-12)16-9-10-18-11-5-1-2-6-11/h3-4,7-8,11H,1-2,5-6,9-10H2,(H3,14,15,16,17). The molecule has 0 radical (unpaired) electrons. The van der Waals surface area contributed by atoms with E-state index in [2.05, 4.69) is 15.3 Å². The van der Waals surface area contributed by atoms with Crippen LogP contribution in [0, 0.1) is 0 Å². The lowest BCUT2D eigenvalue weighted by atomic mass is 10.3. The smallest absolute Gasteiger partial charge is 0.194 e. The van der Waals surface area contributed by atoms with E-state index >= 15 is 0 Å². The molecule has 0 saturated heterocycles. The average Bonchev–Trinajstić information content (AvgIpc) is 2.89. The quantitative estimate of drug-likeness (QED) is 0.473. The van der Waals surface area contributed by atoms with Gasteiger partial charge in [0.25, 0.3) is 0 Å². The Morgan fingerprint density at radius 2 is 2.28 bits per heavy atom. The van der Waals surface area contributed by atoms with E-state index in [4.69, 9.17) is 10.5 Å². The number of nitrogens with one attached hydrogen (secondary N) is 1. The Hall–Kier alpha value is -1.62. The topological polar surface area (TPSA) is 72.5 Å². The minimum atomic E-state index is 0.378. The van der Waals surface area contributed by atoms with Crippen LogP contribution in [0.4, 0.5) is 5.82 Å². The summed E-state index contributed by atoms with van der Waals surface area (Å²) in [6, 6.07) is 5.59. The van der Waals surface area contributed by atoms with Gasteiger partial charge in [0, 0.05) is 6.20 Å². The van der Waals surface area contributed by atoms with Gasteiger partial charge in [-0.1, -0.05) is 18.9 Å². The van der Waals surface area contributed by atoms with Crippen LogP contribution in [-0.2, 0) is 4.74 Å². The zero-order chi connectivity index (χ0) is 12.6. The van der Waals surface area contributed by atoms with E-state index in [1.165, 1.54) is 25.7 Å². The van der Waals surface area contributed by atoms with E-state index in [9.17, 15) is 0 Å². The molecular formula is C13H20N4O. The lowest BCUT2D eigenvalue weighted by Gasteiger charge is -2.09. The fourth-order valence-electron chi connectivity index (χ4n) is 2.05. The molecule has 1 fully saturated rings. The van der Waals surface area contributed by atoms with Crippen molar-refractivity contribution in [2.24, 2.45) is 10.7 Å². The lowest BCUT2D eigenvalue weighted by Crippen LogP contribution is -2.24. The van der Waals surface area contributed by atoms with E-state index < -0.39 is 0 Å². The molecule has 98 valence electrons. The zero-order valence-corrected chi connectivity index (χ0v) is 10.5. The van der Waals surface area contributed by atoms with E-state index in [1.807, 2.05) is 18.2 Å². The largest absolute Gasteiger partial charge is 0.376 e. The number of nitrogens with two attached hydrogens (primary N) is 1. The first-order chi connectivity index (χ1) is 8.84. The van der Waals surface area contributed by atoms with E-state index in [-0.39, 0.29) is 0 Å². The molecule has 2 rings (SSSR count). The highest BCUT2D eigenvalue weighted by atomic mass is 16.5. The summed E-state index contributed by atoms with van der Waals surface area (Å²) < 4.78 is 5.70. The highest BCUT2D eigenvalue weighted by Gasteiger charge is 2.14. The Bertz CT molecular complexity index is 374. The van der Waals surface area contributed by atoms with Gasteiger partial charge in [-0.15, -0.1) is 0 Å². The van der Waals surface area contributed by atoms with Gasteiger partial charge in [0.15, 0.2) is 5.96 Å². The van der Waals surface area contributed by atoms with E-state index in [0.29, 0.717) is 31.0 Å². The van der Waals surface area contributed by atoms with Crippen LogP contribution in [0.25, 0.3) is 0 Å². The first-order valence-corrected chi connectivity index (χ1v) is 6.44. The summed E-state index contributed by atoms with van der Waals surface area (Å²) in [4.78, 5) is 8.31. The number of pyridine rings is 1. The molecule has 1 heterocycles. The molecule has 0 bridgehead atoms. The molecule has 1 saturated carbocycles. The van der Waals surface area contributed by atoms with Gasteiger partial charge in [-0.2, -0.15) is 0 Å². The lowest BCUT2D eigenvalue weighted by molar-refractivity contribution is 0.0643. The number of ether oxygens (including phenoxy) is 1. The van der Waals surface area contributed by atoms with Crippen LogP contribution in [0.15, 0.2) is 29.4 Å². The third-order valence-electron chi connectivity index (χ3n) is 2.95. The Labute approximate surface area is 107 Å². The maximum absolute atomic E-state index is 5.74. The van der Waals surface area contributed by atoms with Crippen molar-refractivity contribution in [1.82, 2.24) is 4.98 Å². The monoisotopic (exact) mass is 248 g/mol. The van der Waals surface area contributed by atoms with Crippen molar-refractivity contribution in [2.45, 2.75) is 31.8 Å². The van der Waals surface area contributed by atoms with Crippen molar-refractivity contribution in [3.63, 3.8) is 0 Å². The second-order valence-electron chi connectivity index (χ2n) is 4.38. The van der Waals surface area contributed by atoms with Crippen LogP contribution in [0.3, 0.4) is 0 Å². The van der Waals surface area contributed by atoms with Crippen LogP contribution < -0.4 is 11.1 Å². The number of anilines is 1. The van der Waals surface area contributed by atoms with Gasteiger partial charge in [-0.05, 0) is 25.0 Å². The Kier molecular flexibility index (Phi) is 4.96. The zero-order valence-electron chi connectivity index (χ0n) is 10.5. The average molecular weight is 248 g/mol. The Morgan fingerprint density at radius 3 is 3.00 bits per heavy atom. The fourth-order valence-corrected chi connectivity index (χ4v) is 2.05. The number of hydrogen-bond donors (Lipinski definition) is 2. The molecule has 5 nitrogen and oxygen atoms in total. The summed E-state index contributed by atoms with van der Waals surface area (Å²) in [7, 11) is 0. The molecule has 0 unspecified atom stereocenters. The predicted molar refractivity (Wildman–Crippen MR) is 72.6 cm³/mol. The number of hydrogen-bond acceptors (Lipinski definition) is 3. The van der Waals surface area contributed by atoms with Crippen molar-refractivity contribution in [3.8, 4) is 0 Å². The first-order valence-electron chi connectivity index (χ1n) is 6.44. The third-order valence-corrected chi connectivity index (χ3v) is 2.95. The number of nitrogens with zero attached hydrogens (tertiary/aromatic N) is 2. The molecule has 1 aromatic heterocycles. The number of rotatable bonds is 5. The summed E-state index contributed by atoms with van der Waals surface area (Å²) in [5.74, 6) is 1.08. The number of aliphatic imine (C=N–C) groups is 1. The minimum absolute atomic E-state index is 0.378. The van der Waals surface area contributed by atoms with Crippen LogP contribution >= 0.6 is 0 Å². The molecule has 0 atom stereocenters. The molecule has 18 heavy (non-hydrogen) atoms. The molecule has 0 aromatic carbocycles. The second-order valence-corrected chi connectivity index (χ2v) is 4.38. The van der Waals surface area contributed by atoms with Gasteiger partial charge in [0.1, 0.15) is 5.82 Å². The molecule has 3 N–H and O–H groups in total. The summed E-state index contributed by atoms with van der Waals surface area (Å²) in [6.45, 7) is 1.22. The normalized spacial score (nSPS) is 17.0. The Morgan fingerprint density at radius 1 is 1.44 bits per heavy atom. The number of guanidine groups is 1. The van der Waals surface area contributed by atoms with Crippen molar-refractivity contribution in [3.05, 3.63) is 24.4 Å². The summed E-state index contributed by atoms with van der Waals surface area (Å²) in [6.07, 6.45) is 7.09. The highest BCUT2D eigenvalue weighted by Crippen LogP contribution is 2.20. The molecule has 5 heteroatoms.